The van der Waals surface area contributed by atoms with Crippen LogP contribution in [0.1, 0.15) is 68.8 Å². The van der Waals surface area contributed by atoms with Crippen LogP contribution in [-0.4, -0.2) is 28.1 Å². The van der Waals surface area contributed by atoms with Crippen LogP contribution in [0.5, 0.6) is 0 Å². The summed E-state index contributed by atoms with van der Waals surface area (Å²) in [4.78, 5) is 11.2. The monoisotopic (exact) mass is 267 g/mol. The van der Waals surface area contributed by atoms with Crippen molar-refractivity contribution in [3.8, 4) is 0 Å². The van der Waals surface area contributed by atoms with Gasteiger partial charge in [0.1, 0.15) is 0 Å². The number of hydrogen-bond acceptors (Lipinski definition) is 4. The van der Waals surface area contributed by atoms with E-state index < -0.39 is 5.97 Å². The van der Waals surface area contributed by atoms with Crippen LogP contribution in [-0.2, 0) is 11.3 Å². The van der Waals surface area contributed by atoms with E-state index in [1.807, 2.05) is 0 Å². The number of rotatable bonds is 10. The number of aromatic nitrogens is 3. The number of unbranched alkanes of at least 4 members (excludes halogenated alkanes) is 7. The summed E-state index contributed by atoms with van der Waals surface area (Å²) in [5.74, 6) is -0.429. The van der Waals surface area contributed by atoms with E-state index in [1.54, 1.807) is 10.9 Å². The topological polar surface area (TPSA) is 57.0 Å². The molecule has 1 aromatic heterocycles. The highest BCUT2D eigenvalue weighted by atomic mass is 16.5. The maximum absolute atomic E-state index is 11.2. The molecule has 0 aliphatic carbocycles. The van der Waals surface area contributed by atoms with Crippen LogP contribution < -0.4 is 0 Å². The van der Waals surface area contributed by atoms with Gasteiger partial charge < -0.3 is 4.74 Å². The molecule has 1 aromatic rings. The third kappa shape index (κ3) is 6.36. The fourth-order valence-corrected chi connectivity index (χ4v) is 2.01. The summed E-state index contributed by atoms with van der Waals surface area (Å²) in [5, 5.41) is 7.68. The van der Waals surface area contributed by atoms with Gasteiger partial charge in [0, 0.05) is 6.54 Å². The van der Waals surface area contributed by atoms with Crippen molar-refractivity contribution in [2.75, 3.05) is 7.11 Å². The van der Waals surface area contributed by atoms with Crippen molar-refractivity contribution in [1.29, 1.82) is 0 Å². The quantitative estimate of drug-likeness (QED) is 0.482. The van der Waals surface area contributed by atoms with E-state index in [9.17, 15) is 4.79 Å². The van der Waals surface area contributed by atoms with Gasteiger partial charge in [-0.25, -0.2) is 4.79 Å². The Morgan fingerprint density at radius 1 is 1.16 bits per heavy atom. The fourth-order valence-electron chi connectivity index (χ4n) is 2.01. The van der Waals surface area contributed by atoms with Gasteiger partial charge in [-0.15, -0.1) is 5.10 Å². The molecule has 0 amide bonds. The standard InChI is InChI=1S/C14H25N3O2/c1-3-4-5-6-7-8-9-10-11-17-12-13(15-16-17)14(18)19-2/h12H,3-11H2,1-2H3. The Morgan fingerprint density at radius 2 is 1.79 bits per heavy atom. The van der Waals surface area contributed by atoms with E-state index >= 15 is 0 Å². The smallest absolute Gasteiger partial charge is 0.360 e. The molecule has 0 fully saturated rings. The summed E-state index contributed by atoms with van der Waals surface area (Å²) in [6.07, 6.45) is 11.9. The number of hydrogen-bond donors (Lipinski definition) is 0. The molecule has 1 rings (SSSR count). The van der Waals surface area contributed by atoms with Crippen molar-refractivity contribution in [2.45, 2.75) is 64.8 Å². The molecule has 108 valence electrons. The fraction of sp³-hybridized carbons (Fsp3) is 0.786. The van der Waals surface area contributed by atoms with Crippen LogP contribution in [0.25, 0.3) is 0 Å². The van der Waals surface area contributed by atoms with E-state index in [2.05, 4.69) is 22.0 Å². The minimum absolute atomic E-state index is 0.280. The molecular weight excluding hydrogens is 242 g/mol. The third-order valence-electron chi connectivity index (χ3n) is 3.17. The van der Waals surface area contributed by atoms with Crippen molar-refractivity contribution < 1.29 is 9.53 Å². The first-order valence-electron chi connectivity index (χ1n) is 7.26. The summed E-state index contributed by atoms with van der Waals surface area (Å²) >= 11 is 0. The van der Waals surface area contributed by atoms with Gasteiger partial charge in [-0.05, 0) is 6.42 Å². The molecule has 5 nitrogen and oxygen atoms in total. The summed E-state index contributed by atoms with van der Waals surface area (Å²) in [5.41, 5.74) is 0.280. The molecule has 1 heterocycles. The molecule has 0 aromatic carbocycles. The molecule has 5 heteroatoms. The van der Waals surface area contributed by atoms with Crippen molar-refractivity contribution in [1.82, 2.24) is 15.0 Å². The lowest BCUT2D eigenvalue weighted by atomic mass is 10.1. The van der Waals surface area contributed by atoms with Crippen molar-refractivity contribution in [3.63, 3.8) is 0 Å². The lowest BCUT2D eigenvalue weighted by molar-refractivity contribution is 0.0594. The Bertz CT molecular complexity index is 363. The van der Waals surface area contributed by atoms with Gasteiger partial charge in [-0.2, -0.15) is 0 Å². The van der Waals surface area contributed by atoms with E-state index in [0.29, 0.717) is 0 Å². The van der Waals surface area contributed by atoms with Crippen LogP contribution in [0.2, 0.25) is 0 Å². The number of nitrogens with zero attached hydrogens (tertiary/aromatic N) is 3. The highest BCUT2D eigenvalue weighted by molar-refractivity contribution is 5.86. The second kappa shape index (κ2) is 9.53. The van der Waals surface area contributed by atoms with E-state index in [-0.39, 0.29) is 5.69 Å². The molecule has 0 N–H and O–H groups in total. The summed E-state index contributed by atoms with van der Waals surface area (Å²) in [6, 6.07) is 0. The second-order valence-electron chi connectivity index (χ2n) is 4.83. The SMILES string of the molecule is CCCCCCCCCCn1cc(C(=O)OC)nn1. The first-order valence-corrected chi connectivity index (χ1v) is 7.26. The van der Waals surface area contributed by atoms with Crippen LogP contribution in [0.4, 0.5) is 0 Å². The summed E-state index contributed by atoms with van der Waals surface area (Å²) in [7, 11) is 1.35. The largest absolute Gasteiger partial charge is 0.464 e. The molecule has 0 atom stereocenters. The highest BCUT2D eigenvalue weighted by Crippen LogP contribution is 2.09. The maximum atomic E-state index is 11.2. The number of aryl methyl sites for hydroxylation is 1. The van der Waals surface area contributed by atoms with E-state index in [0.717, 1.165) is 13.0 Å². The predicted molar refractivity (Wildman–Crippen MR) is 74.0 cm³/mol. The Hall–Kier alpha value is -1.39. The zero-order chi connectivity index (χ0) is 13.9. The van der Waals surface area contributed by atoms with Crippen LogP contribution in [0.15, 0.2) is 6.20 Å². The van der Waals surface area contributed by atoms with Crippen LogP contribution >= 0.6 is 0 Å². The van der Waals surface area contributed by atoms with Gasteiger partial charge in [0.05, 0.1) is 13.3 Å². The van der Waals surface area contributed by atoms with Gasteiger partial charge in [0.25, 0.3) is 0 Å². The second-order valence-corrected chi connectivity index (χ2v) is 4.83. The highest BCUT2D eigenvalue weighted by Gasteiger charge is 2.09. The number of methoxy groups -OCH3 is 1. The molecule has 0 aliphatic heterocycles. The lowest BCUT2D eigenvalue weighted by Crippen LogP contribution is -2.01. The van der Waals surface area contributed by atoms with Gasteiger partial charge >= 0.3 is 5.97 Å². The minimum Gasteiger partial charge on any atom is -0.464 e. The molecule has 0 unspecified atom stereocenters. The molecule has 0 aliphatic rings. The van der Waals surface area contributed by atoms with E-state index in [4.69, 9.17) is 0 Å². The van der Waals surface area contributed by atoms with Crippen molar-refractivity contribution in [3.05, 3.63) is 11.9 Å². The molecule has 0 spiro atoms. The minimum atomic E-state index is -0.429. The van der Waals surface area contributed by atoms with Gasteiger partial charge in [-0.3, -0.25) is 4.68 Å². The number of carbonyl (C=O) groups is 1. The number of ether oxygens (including phenoxy) is 1. The molecule has 0 radical (unpaired) electrons. The molecule has 0 bridgehead atoms. The molecule has 19 heavy (non-hydrogen) atoms. The van der Waals surface area contributed by atoms with Crippen molar-refractivity contribution in [2.24, 2.45) is 0 Å². The predicted octanol–water partition coefficient (Wildman–Crippen LogP) is 3.21. The Morgan fingerprint density at radius 3 is 2.42 bits per heavy atom. The Kier molecular flexibility index (Phi) is 7.86. The first-order chi connectivity index (χ1) is 9.27. The van der Waals surface area contributed by atoms with Gasteiger partial charge in [-0.1, -0.05) is 57.1 Å². The molecular formula is C14H25N3O2. The zero-order valence-electron chi connectivity index (χ0n) is 12.1. The molecule has 0 saturated heterocycles. The van der Waals surface area contributed by atoms with Crippen LogP contribution in [0.3, 0.4) is 0 Å². The third-order valence-corrected chi connectivity index (χ3v) is 3.17. The average molecular weight is 267 g/mol. The first kappa shape index (κ1) is 15.7. The van der Waals surface area contributed by atoms with Crippen LogP contribution in [0, 0.1) is 0 Å². The van der Waals surface area contributed by atoms with Gasteiger partial charge in [0.2, 0.25) is 0 Å². The average Bonchev–Trinajstić information content (AvgIpc) is 2.89. The lowest BCUT2D eigenvalue weighted by Gasteiger charge is -2.01. The number of carbonyl (C=O) groups excluding carboxylic acids is 1. The van der Waals surface area contributed by atoms with E-state index in [1.165, 1.54) is 52.1 Å². The zero-order valence-corrected chi connectivity index (χ0v) is 12.1. The Labute approximate surface area is 115 Å². The molecule has 0 saturated carbocycles. The van der Waals surface area contributed by atoms with Gasteiger partial charge in [0.15, 0.2) is 5.69 Å². The summed E-state index contributed by atoms with van der Waals surface area (Å²) in [6.45, 7) is 3.06. The van der Waals surface area contributed by atoms with Crippen molar-refractivity contribution >= 4 is 5.97 Å². The normalized spacial score (nSPS) is 10.6. The summed E-state index contributed by atoms with van der Waals surface area (Å²) < 4.78 is 6.30. The Balaban J connectivity index is 2.06. The maximum Gasteiger partial charge on any atom is 0.360 e. The number of esters is 1.